The van der Waals surface area contributed by atoms with Gasteiger partial charge in [0.15, 0.2) is 67.9 Å². The monoisotopic (exact) mass is 1750 g/mol. The first-order chi connectivity index (χ1) is 58.7. The number of hydrogen-bond donors (Lipinski definition) is 8. The van der Waals surface area contributed by atoms with E-state index in [9.17, 15) is 68.4 Å². The second-order valence-corrected chi connectivity index (χ2v) is 29.3. The summed E-state index contributed by atoms with van der Waals surface area (Å²) in [5.41, 5.74) is 50.6. The van der Waals surface area contributed by atoms with Crippen LogP contribution in [0.25, 0.3) is 41.8 Å². The molecule has 0 aliphatic carbocycles. The second-order valence-electron chi connectivity index (χ2n) is 29.3. The maximum Gasteiger partial charge on any atom is 0.351 e. The molecule has 46 nitrogen and oxygen atoms in total. The van der Waals surface area contributed by atoms with E-state index < -0.39 is 182 Å². The summed E-state index contributed by atoms with van der Waals surface area (Å²) in [6, 6.07) is 3.90. The fourth-order valence-electron chi connectivity index (χ4n) is 12.9. The van der Waals surface area contributed by atoms with Gasteiger partial charge in [-0.05, 0) is 78.0 Å². The fourth-order valence-corrected chi connectivity index (χ4v) is 12.9. The molecule has 4 aliphatic rings. The van der Waals surface area contributed by atoms with E-state index >= 15 is 13.2 Å². The number of esters is 5. The van der Waals surface area contributed by atoms with Crippen LogP contribution in [-0.4, -0.2) is 188 Å². The van der Waals surface area contributed by atoms with Crippen molar-refractivity contribution in [1.82, 2.24) is 38.2 Å². The highest BCUT2D eigenvalue weighted by atomic mass is 19.1. The number of unbranched alkanes of at least 4 members (excludes halogenated alkanes) is 16. The van der Waals surface area contributed by atoms with Crippen LogP contribution in [0, 0.1) is 5.92 Å². The average molecular weight is 1750 g/mol. The third-order valence-corrected chi connectivity index (χ3v) is 19.7. The lowest BCUT2D eigenvalue weighted by atomic mass is 10.0. The molecule has 0 spiro atoms. The zero-order valence-electron chi connectivity index (χ0n) is 69.0. The number of aromatic nitrogens is 8. The number of nitrogen functional groups attached to an aromatic ring is 4. The van der Waals surface area contributed by atoms with E-state index in [1.54, 1.807) is 13.8 Å². The van der Waals surface area contributed by atoms with E-state index in [0.29, 0.717) is 25.7 Å². The van der Waals surface area contributed by atoms with Crippen LogP contribution in [0.5, 0.6) is 0 Å². The van der Waals surface area contributed by atoms with Gasteiger partial charge in [0.05, 0.1) is 13.2 Å². The number of ether oxygens (including phenoxy) is 9. The van der Waals surface area contributed by atoms with E-state index in [1.807, 2.05) is 0 Å². The molecule has 4 fully saturated rings. The van der Waals surface area contributed by atoms with E-state index in [-0.39, 0.29) is 54.9 Å². The van der Waals surface area contributed by atoms with Gasteiger partial charge in [-0.15, -0.1) is 0 Å². The maximum atomic E-state index is 15.8. The van der Waals surface area contributed by atoms with Crippen molar-refractivity contribution in [2.45, 2.75) is 299 Å². The maximum absolute atomic E-state index is 15.8. The Bertz CT molecular complexity index is 4560. The highest BCUT2D eigenvalue weighted by Gasteiger charge is 2.63. The van der Waals surface area contributed by atoms with Gasteiger partial charge in [-0.3, -0.25) is 42.2 Å². The molecule has 4 saturated heterocycles. The normalized spacial score (nSPS) is 25.6. The predicted molar refractivity (Wildman–Crippen MR) is 427 cm³/mol. The number of azide groups is 4. The SMILES string of the molecule is CC(C)C(N)C(=O)O[C@H]1[C@@H](F)[C@H](n2ccc(N)nc2=O)O[C@@]1(CO)N=[N+]=[N-].CCCCCCCC(=O)OC[C@@]1(N=[N+]=[N-])O[C@@H](n2ccc(N)nc2=O)[C@H](F)[C@@H]1O.CCCCCCCC(=O)OC[C@@]1(N=[N+]=[N-])O[C@@H](n2ccc(N)nc2=O)[C@H](F)[C@@H]1OC(=O)CCCCCCC.CCCCCCCC(=O)O[C@H]1[C@@H](F)[C@H](n2ccc(N)nc2=O)O[C@@]1(CO)N=[N+]=[N-]. The van der Waals surface area contributed by atoms with Crippen molar-refractivity contribution in [2.75, 3.05) is 49.4 Å². The van der Waals surface area contributed by atoms with Crippen LogP contribution in [0.3, 0.4) is 0 Å². The molecule has 8 heterocycles. The quantitative estimate of drug-likeness (QED) is 0.00392. The zero-order valence-corrected chi connectivity index (χ0v) is 69.0. The highest BCUT2D eigenvalue weighted by molar-refractivity contribution is 5.76. The van der Waals surface area contributed by atoms with Gasteiger partial charge in [0, 0.05) is 70.1 Å². The Morgan fingerprint density at radius 2 is 0.699 bits per heavy atom. The molecule has 50 heteroatoms. The minimum atomic E-state index is -2.29. The number of halogens is 4. The Morgan fingerprint density at radius 3 is 1.00 bits per heavy atom. The number of rotatable bonds is 43. The summed E-state index contributed by atoms with van der Waals surface area (Å²) in [5, 5.41) is 43.2. The molecule has 0 aromatic carbocycles. The molecule has 4 aromatic heterocycles. The summed E-state index contributed by atoms with van der Waals surface area (Å²) in [6.45, 7) is 8.24. The number of alkyl halides is 4. The fraction of sp³-hybridized carbons (Fsp3) is 0.712. The Kier molecular flexibility index (Phi) is 41.8. The first-order valence-electron chi connectivity index (χ1n) is 40.1. The van der Waals surface area contributed by atoms with Gasteiger partial charge in [-0.1, -0.05) is 165 Å². The lowest BCUT2D eigenvalue weighted by molar-refractivity contribution is -0.177. The molecular formula is C73H109F4N25O21. The van der Waals surface area contributed by atoms with Crippen LogP contribution in [0.15, 0.2) is 88.7 Å². The van der Waals surface area contributed by atoms with Crippen LogP contribution in [0.4, 0.5) is 40.8 Å². The molecule has 13 N–H and O–H groups in total. The molecule has 1 unspecified atom stereocenters. The molecule has 0 radical (unpaired) electrons. The van der Waals surface area contributed by atoms with E-state index in [0.717, 1.165) is 140 Å². The number of nitrogens with zero attached hydrogens (tertiary/aromatic N) is 20. The van der Waals surface area contributed by atoms with Crippen molar-refractivity contribution >= 4 is 53.1 Å². The molecule has 0 amide bonds. The minimum absolute atomic E-state index is 0.0187. The molecule has 680 valence electrons. The lowest BCUT2D eigenvalue weighted by Crippen LogP contribution is -2.49. The van der Waals surface area contributed by atoms with Crippen molar-refractivity contribution in [3.8, 4) is 0 Å². The van der Waals surface area contributed by atoms with Crippen molar-refractivity contribution in [3.63, 3.8) is 0 Å². The van der Waals surface area contributed by atoms with Crippen LogP contribution >= 0.6 is 0 Å². The topological polar surface area (TPSA) is 694 Å². The molecule has 123 heavy (non-hydrogen) atoms. The van der Waals surface area contributed by atoms with E-state index in [2.05, 4.69) is 87.7 Å². The summed E-state index contributed by atoms with van der Waals surface area (Å²) in [5.74, 6) is -4.24. The Labute approximate surface area is 701 Å². The predicted octanol–water partition coefficient (Wildman–Crippen LogP) is 8.39. The molecule has 8 rings (SSSR count). The van der Waals surface area contributed by atoms with E-state index in [4.69, 9.17) is 87.9 Å². The highest BCUT2D eigenvalue weighted by Crippen LogP contribution is 2.46. The lowest BCUT2D eigenvalue weighted by Gasteiger charge is -2.28. The van der Waals surface area contributed by atoms with Crippen molar-refractivity contribution in [1.29, 1.82) is 0 Å². The molecular weight excluding hydrogens is 1640 g/mol. The van der Waals surface area contributed by atoms with Gasteiger partial charge >= 0.3 is 52.6 Å². The number of carbonyl (C=O) groups is 5. The summed E-state index contributed by atoms with van der Waals surface area (Å²) >= 11 is 0. The Balaban J connectivity index is 0.000000294. The van der Waals surface area contributed by atoms with Gasteiger partial charge < -0.3 is 86.6 Å². The molecule has 0 bridgehead atoms. The molecule has 0 saturated carbocycles. The molecule has 4 aromatic rings. The van der Waals surface area contributed by atoms with Crippen molar-refractivity contribution in [2.24, 2.45) is 32.1 Å². The number of aliphatic hydroxyl groups excluding tert-OH is 3. The van der Waals surface area contributed by atoms with Gasteiger partial charge in [0.2, 0.25) is 22.9 Å². The summed E-state index contributed by atoms with van der Waals surface area (Å²) in [7, 11) is 0. The first-order valence-corrected chi connectivity index (χ1v) is 40.1. The smallest absolute Gasteiger partial charge is 0.351 e. The zero-order chi connectivity index (χ0) is 91.2. The number of anilines is 4. The average Bonchev–Trinajstić information content (AvgIpc) is 1.63. The number of nitrogens with two attached hydrogens (primary N) is 5. The van der Waals surface area contributed by atoms with Gasteiger partial charge in [0.1, 0.15) is 48.6 Å². The van der Waals surface area contributed by atoms with Crippen LogP contribution < -0.4 is 51.4 Å². The van der Waals surface area contributed by atoms with Gasteiger partial charge in [-0.2, -0.15) is 19.9 Å². The van der Waals surface area contributed by atoms with Crippen molar-refractivity contribution < 1.29 is 99.5 Å². The summed E-state index contributed by atoms with van der Waals surface area (Å²) < 4.78 is 112. The van der Waals surface area contributed by atoms with Gasteiger partial charge in [-0.25, -0.2) is 36.7 Å². The third kappa shape index (κ3) is 28.4. The van der Waals surface area contributed by atoms with Crippen molar-refractivity contribution in [3.05, 3.63) is 133 Å². The third-order valence-electron chi connectivity index (χ3n) is 19.7. The van der Waals surface area contributed by atoms with Crippen LogP contribution in [0.2, 0.25) is 0 Å². The van der Waals surface area contributed by atoms with E-state index in [1.165, 1.54) is 30.5 Å². The Morgan fingerprint density at radius 1 is 0.439 bits per heavy atom. The molecule has 4 aliphatic heterocycles. The first kappa shape index (κ1) is 102. The molecule has 17 atom stereocenters. The summed E-state index contributed by atoms with van der Waals surface area (Å²) in [4.78, 5) is 134. The summed E-state index contributed by atoms with van der Waals surface area (Å²) in [6.07, 6.45) is 0.431. The second kappa shape index (κ2) is 50.3. The number of hydrogen-bond acceptors (Lipinski definition) is 34. The van der Waals surface area contributed by atoms with Crippen LogP contribution in [-0.2, 0) is 66.6 Å². The minimum Gasteiger partial charge on any atom is -0.462 e. The number of carbonyl (C=O) groups excluding carboxylic acids is 5. The standard InChI is InChI=1S/C25H39FN6O6.2C17H25FN6O5.C14H20FN7O5/c1-3-5-7-9-11-13-19(33)36-17-25(30-31-28)22(37-20(34)14-12-10-8-6-4-2)21(26)23(38-25)32-16-15-18(27)29-24(32)35;1-2-3-4-5-6-7-12(25)28-10-17(22-23-20)14(26)13(18)15(29-17)24-9-8-11(19)21-16(24)27;1-2-3-4-5-6-7-12(26)28-14-13(18)15(29-17(14,10-25)22-23-20)24-9-8-11(19)21-16(24)27;1-6(2)9(17)12(24)26-10-8(15)11(27-14(10,5-23)20-21-18)22-4-3-7(16)19-13(22)25/h15-16,21-23H,3-14,17H2,1-2H3,(H2,27,29,35);8-9,13-15,26H,2-7,10H2,1H3,(H2,19,21,27);8-9,13-15,25H,2-7,10H2,1H3,(H2,19,21,27);3-4,6,8-11,23H,5,17H2,1-2H3,(H2,16,19,25)/t21-,22+,23-,25-;2*13-,14+,15-,17-;8-,9?,10+,11-,14-/m1111/s1. The Hall–Kier alpha value is -11.3. The largest absolute Gasteiger partial charge is 0.462 e. The number of aliphatic hydroxyl groups is 3. The van der Waals surface area contributed by atoms with Gasteiger partial charge in [0.25, 0.3) is 0 Å². The van der Waals surface area contributed by atoms with Crippen LogP contribution in [0.1, 0.15) is 221 Å².